The third kappa shape index (κ3) is 2.03. The minimum Gasteiger partial charge on any atom is -0.497 e. The lowest BCUT2D eigenvalue weighted by Gasteiger charge is -2.06. The van der Waals surface area contributed by atoms with Gasteiger partial charge < -0.3 is 14.8 Å². The Bertz CT molecular complexity index is 662. The molecular formula is C11H8BrNO4. The van der Waals surface area contributed by atoms with Crippen molar-refractivity contribution >= 4 is 32.8 Å². The third-order valence-electron chi connectivity index (χ3n) is 2.33. The van der Waals surface area contributed by atoms with Gasteiger partial charge in [0.2, 0.25) is 0 Å². The highest BCUT2D eigenvalue weighted by Crippen LogP contribution is 2.26. The topological polar surface area (TPSA) is 79.4 Å². The predicted molar refractivity (Wildman–Crippen MR) is 65.8 cm³/mol. The van der Waals surface area contributed by atoms with Gasteiger partial charge in [-0.25, -0.2) is 4.79 Å². The van der Waals surface area contributed by atoms with Gasteiger partial charge in [0, 0.05) is 10.5 Å². The molecule has 2 aromatic rings. The lowest BCUT2D eigenvalue weighted by atomic mass is 10.2. The molecule has 0 aliphatic heterocycles. The van der Waals surface area contributed by atoms with E-state index in [0.717, 1.165) is 6.07 Å². The first-order chi connectivity index (χ1) is 8.02. The number of hydrogen-bond donors (Lipinski definition) is 2. The SMILES string of the molecule is COc1cc(Br)c2[nH]c(C(=O)O)cc(=O)c2c1. The molecule has 0 spiro atoms. The van der Waals surface area contributed by atoms with Crippen molar-refractivity contribution < 1.29 is 14.6 Å². The number of rotatable bonds is 2. The van der Waals surface area contributed by atoms with Crippen molar-refractivity contribution in [3.05, 3.63) is 38.6 Å². The van der Waals surface area contributed by atoms with Gasteiger partial charge in [0.1, 0.15) is 11.4 Å². The Balaban J connectivity index is 2.86. The van der Waals surface area contributed by atoms with Crippen molar-refractivity contribution in [3.8, 4) is 5.75 Å². The average Bonchev–Trinajstić information content (AvgIpc) is 2.29. The second-order valence-corrected chi connectivity index (χ2v) is 4.24. The molecule has 0 saturated carbocycles. The van der Waals surface area contributed by atoms with Crippen LogP contribution in [0.1, 0.15) is 10.5 Å². The maximum Gasteiger partial charge on any atom is 0.352 e. The standard InChI is InChI=1S/C11H8BrNO4/c1-17-5-2-6-9(14)4-8(11(15)16)13-10(6)7(12)3-5/h2-4H,1H3,(H,13,14)(H,15,16). The molecule has 17 heavy (non-hydrogen) atoms. The van der Waals surface area contributed by atoms with Crippen LogP contribution in [0.25, 0.3) is 10.9 Å². The molecule has 88 valence electrons. The fourth-order valence-corrected chi connectivity index (χ4v) is 2.05. The van der Waals surface area contributed by atoms with E-state index >= 15 is 0 Å². The highest BCUT2D eigenvalue weighted by molar-refractivity contribution is 9.10. The molecule has 0 unspecified atom stereocenters. The van der Waals surface area contributed by atoms with Crippen molar-refractivity contribution in [1.29, 1.82) is 0 Å². The molecule has 0 amide bonds. The number of nitrogens with one attached hydrogen (secondary N) is 1. The molecule has 0 atom stereocenters. The molecule has 2 N–H and O–H groups in total. The Labute approximate surface area is 104 Å². The van der Waals surface area contributed by atoms with Crippen LogP contribution in [0.2, 0.25) is 0 Å². The highest BCUT2D eigenvalue weighted by atomic mass is 79.9. The fourth-order valence-electron chi connectivity index (χ4n) is 1.52. The van der Waals surface area contributed by atoms with E-state index in [0.29, 0.717) is 21.1 Å². The molecule has 1 aromatic carbocycles. The summed E-state index contributed by atoms with van der Waals surface area (Å²) in [6.45, 7) is 0. The highest BCUT2D eigenvalue weighted by Gasteiger charge is 2.11. The van der Waals surface area contributed by atoms with Crippen molar-refractivity contribution in [1.82, 2.24) is 4.98 Å². The van der Waals surface area contributed by atoms with Gasteiger partial charge in [-0.15, -0.1) is 0 Å². The number of carboxylic acids is 1. The molecule has 6 heteroatoms. The van der Waals surface area contributed by atoms with Crippen molar-refractivity contribution in [2.45, 2.75) is 0 Å². The third-order valence-corrected chi connectivity index (χ3v) is 2.96. The zero-order chi connectivity index (χ0) is 12.6. The molecular weight excluding hydrogens is 290 g/mol. The number of benzene rings is 1. The molecule has 1 aromatic heterocycles. The Morgan fingerprint density at radius 1 is 1.41 bits per heavy atom. The van der Waals surface area contributed by atoms with Crippen LogP contribution >= 0.6 is 15.9 Å². The van der Waals surface area contributed by atoms with Crippen molar-refractivity contribution in [2.75, 3.05) is 7.11 Å². The van der Waals surface area contributed by atoms with E-state index in [1.165, 1.54) is 7.11 Å². The second-order valence-electron chi connectivity index (χ2n) is 3.38. The predicted octanol–water partition coefficient (Wildman–Crippen LogP) is 2.00. The summed E-state index contributed by atoms with van der Waals surface area (Å²) < 4.78 is 5.61. The fraction of sp³-hybridized carbons (Fsp3) is 0.0909. The monoisotopic (exact) mass is 297 g/mol. The number of methoxy groups -OCH3 is 1. The molecule has 0 fully saturated rings. The largest absolute Gasteiger partial charge is 0.497 e. The molecule has 0 saturated heterocycles. The zero-order valence-electron chi connectivity index (χ0n) is 8.78. The van der Waals surface area contributed by atoms with Crippen LogP contribution in [0, 0.1) is 0 Å². The number of H-pyrrole nitrogens is 1. The van der Waals surface area contributed by atoms with E-state index in [-0.39, 0.29) is 11.1 Å². The van der Waals surface area contributed by atoms with Crippen LogP contribution in [0.4, 0.5) is 0 Å². The van der Waals surface area contributed by atoms with Gasteiger partial charge >= 0.3 is 5.97 Å². The summed E-state index contributed by atoms with van der Waals surface area (Å²) in [6, 6.07) is 4.27. The summed E-state index contributed by atoms with van der Waals surface area (Å²) in [5, 5.41) is 9.23. The Kier molecular flexibility index (Phi) is 2.89. The van der Waals surface area contributed by atoms with Crippen LogP contribution < -0.4 is 10.2 Å². The molecule has 1 heterocycles. The number of fused-ring (bicyclic) bond motifs is 1. The maximum absolute atomic E-state index is 11.8. The van der Waals surface area contributed by atoms with Crippen molar-refractivity contribution in [2.24, 2.45) is 0 Å². The van der Waals surface area contributed by atoms with Crippen LogP contribution in [-0.4, -0.2) is 23.2 Å². The van der Waals surface area contributed by atoms with E-state index in [2.05, 4.69) is 20.9 Å². The number of pyridine rings is 1. The summed E-state index contributed by atoms with van der Waals surface area (Å²) in [5.74, 6) is -0.648. The molecule has 2 rings (SSSR count). The van der Waals surface area contributed by atoms with Gasteiger partial charge in [-0.05, 0) is 28.1 Å². The van der Waals surface area contributed by atoms with Gasteiger partial charge in [0.05, 0.1) is 18.0 Å². The zero-order valence-corrected chi connectivity index (χ0v) is 10.4. The Morgan fingerprint density at radius 2 is 2.12 bits per heavy atom. The molecule has 0 aliphatic rings. The number of aromatic carboxylic acids is 1. The van der Waals surface area contributed by atoms with Gasteiger partial charge in [-0.3, -0.25) is 4.79 Å². The number of hydrogen-bond acceptors (Lipinski definition) is 3. The first kappa shape index (κ1) is 11.7. The minimum atomic E-state index is -1.17. The number of carboxylic acid groups (broad SMARTS) is 1. The van der Waals surface area contributed by atoms with E-state index in [1.54, 1.807) is 12.1 Å². The molecule has 0 aliphatic carbocycles. The average molecular weight is 298 g/mol. The molecule has 0 bridgehead atoms. The number of ether oxygens (including phenoxy) is 1. The van der Waals surface area contributed by atoms with E-state index in [9.17, 15) is 9.59 Å². The van der Waals surface area contributed by atoms with Gasteiger partial charge in [0.15, 0.2) is 5.43 Å². The molecule has 0 radical (unpaired) electrons. The second kappa shape index (κ2) is 4.21. The normalized spacial score (nSPS) is 10.5. The first-order valence-electron chi connectivity index (χ1n) is 4.67. The number of aromatic amines is 1. The lowest BCUT2D eigenvalue weighted by molar-refractivity contribution is 0.0691. The Hall–Kier alpha value is -1.82. The lowest BCUT2D eigenvalue weighted by Crippen LogP contribution is -2.09. The van der Waals surface area contributed by atoms with Crippen molar-refractivity contribution in [3.63, 3.8) is 0 Å². The maximum atomic E-state index is 11.8. The van der Waals surface area contributed by atoms with Gasteiger partial charge in [0.25, 0.3) is 0 Å². The summed E-state index contributed by atoms with van der Waals surface area (Å²) in [4.78, 5) is 25.3. The quantitative estimate of drug-likeness (QED) is 0.888. The number of aromatic nitrogens is 1. The summed E-state index contributed by atoms with van der Waals surface area (Å²) in [5.41, 5.74) is -0.0696. The smallest absolute Gasteiger partial charge is 0.352 e. The molecule has 5 nitrogen and oxygen atoms in total. The van der Waals surface area contributed by atoms with Crippen LogP contribution in [0.15, 0.2) is 27.5 Å². The first-order valence-corrected chi connectivity index (χ1v) is 5.46. The number of halogens is 1. The Morgan fingerprint density at radius 3 is 2.71 bits per heavy atom. The number of carbonyl (C=O) groups is 1. The summed E-state index contributed by atoms with van der Waals surface area (Å²) in [6.07, 6.45) is 0. The van der Waals surface area contributed by atoms with Gasteiger partial charge in [-0.2, -0.15) is 0 Å². The van der Waals surface area contributed by atoms with Crippen LogP contribution in [0.5, 0.6) is 5.75 Å². The summed E-state index contributed by atoms with van der Waals surface area (Å²) in [7, 11) is 1.49. The van der Waals surface area contributed by atoms with Crippen LogP contribution in [0.3, 0.4) is 0 Å². The van der Waals surface area contributed by atoms with E-state index < -0.39 is 5.97 Å². The van der Waals surface area contributed by atoms with E-state index in [1.807, 2.05) is 0 Å². The summed E-state index contributed by atoms with van der Waals surface area (Å²) >= 11 is 3.26. The van der Waals surface area contributed by atoms with Gasteiger partial charge in [-0.1, -0.05) is 0 Å². The van der Waals surface area contributed by atoms with E-state index in [4.69, 9.17) is 9.84 Å². The van der Waals surface area contributed by atoms with Crippen LogP contribution in [-0.2, 0) is 0 Å². The minimum absolute atomic E-state index is 0.145.